The zero-order valence-electron chi connectivity index (χ0n) is 11.7. The molecule has 9 heteroatoms. The van der Waals surface area contributed by atoms with E-state index in [1.54, 1.807) is 0 Å². The van der Waals surface area contributed by atoms with Gasteiger partial charge in [0.1, 0.15) is 11.2 Å². The minimum atomic E-state index is -3.86. The van der Waals surface area contributed by atoms with Gasteiger partial charge in [0.05, 0.1) is 22.7 Å². The molecule has 0 aromatic heterocycles. The molecule has 2 fully saturated rings. The van der Waals surface area contributed by atoms with Crippen molar-refractivity contribution in [2.75, 3.05) is 0 Å². The van der Waals surface area contributed by atoms with Crippen molar-refractivity contribution < 1.29 is 57.5 Å². The zero-order valence-corrected chi connectivity index (χ0v) is 14.6. The molecule has 0 aliphatic carbocycles. The van der Waals surface area contributed by atoms with E-state index in [1.807, 2.05) is 0 Å². The van der Waals surface area contributed by atoms with E-state index < -0.39 is 43.8 Å². The minimum Gasteiger partial charge on any atom is -0.548 e. The van der Waals surface area contributed by atoms with Crippen LogP contribution in [0.2, 0.25) is 0 Å². The maximum absolute atomic E-state index is 12.3. The Morgan fingerprint density at radius 1 is 1.35 bits per heavy atom. The summed E-state index contributed by atoms with van der Waals surface area (Å²) in [6, 6.07) is -1.50. The summed E-state index contributed by atoms with van der Waals surface area (Å²) in [4.78, 5) is 34.9. The van der Waals surface area contributed by atoms with E-state index in [0.717, 1.165) is 4.90 Å². The maximum Gasteiger partial charge on any atom is 1.00 e. The van der Waals surface area contributed by atoms with E-state index in [9.17, 15) is 27.9 Å². The van der Waals surface area contributed by atoms with Gasteiger partial charge in [-0.2, -0.15) is 0 Å². The Morgan fingerprint density at radius 2 is 1.85 bits per heavy atom. The second kappa shape index (κ2) is 5.08. The van der Waals surface area contributed by atoms with Crippen molar-refractivity contribution in [1.29, 1.82) is 0 Å². The molecule has 0 radical (unpaired) electrons. The molecule has 2 saturated heterocycles. The van der Waals surface area contributed by atoms with Crippen LogP contribution in [0, 0.1) is 5.92 Å². The van der Waals surface area contributed by atoms with Crippen molar-refractivity contribution >= 4 is 27.5 Å². The van der Waals surface area contributed by atoms with Crippen molar-refractivity contribution in [2.24, 2.45) is 5.92 Å². The van der Waals surface area contributed by atoms with Crippen LogP contribution in [0.4, 0.5) is 0 Å². The number of fused-ring (bicyclic) bond motifs is 1. The second-order valence-corrected chi connectivity index (χ2v) is 8.14. The molecule has 2 heterocycles. The van der Waals surface area contributed by atoms with Crippen LogP contribution >= 0.6 is 0 Å². The van der Waals surface area contributed by atoms with Gasteiger partial charge in [-0.05, 0) is 20.8 Å². The summed E-state index contributed by atoms with van der Waals surface area (Å²) in [5.41, 5.74) is 0. The van der Waals surface area contributed by atoms with Crippen LogP contribution in [0.25, 0.3) is 0 Å². The number of rotatable bonds is 3. The number of amides is 1. The number of carboxylic acids is 1. The average Bonchev–Trinajstić information content (AvgIpc) is 2.38. The molecule has 0 saturated carbocycles. The van der Waals surface area contributed by atoms with Crippen LogP contribution in [0.1, 0.15) is 27.2 Å². The van der Waals surface area contributed by atoms with Crippen LogP contribution in [-0.2, 0) is 24.2 Å². The molecule has 2 rings (SSSR count). The van der Waals surface area contributed by atoms with Crippen LogP contribution in [0.3, 0.4) is 0 Å². The molecule has 2 aliphatic heterocycles. The van der Waals surface area contributed by atoms with Crippen molar-refractivity contribution in [1.82, 2.24) is 4.90 Å². The Balaban J connectivity index is 0.00000200. The van der Waals surface area contributed by atoms with Gasteiger partial charge in [-0.25, -0.2) is 8.42 Å². The normalized spacial score (nSPS) is 32.9. The van der Waals surface area contributed by atoms with Gasteiger partial charge in [-0.1, -0.05) is 0 Å². The number of β-lactam (4-membered cyclic amide) rings is 1. The number of Topliss-reactive ketones (excluding diaryl/α,β-unsaturated/α-hetero) is 1. The van der Waals surface area contributed by atoms with Gasteiger partial charge in [0.15, 0.2) is 9.84 Å². The number of nitrogens with zero attached hydrogens (tertiary/aromatic N) is 1. The summed E-state index contributed by atoms with van der Waals surface area (Å²) in [5.74, 6) is -3.47. The third-order valence-corrected chi connectivity index (χ3v) is 6.79. The molecular formula is C11H14NNaO6S. The Labute approximate surface area is 138 Å². The Bertz CT molecular complexity index is 584. The van der Waals surface area contributed by atoms with Crippen molar-refractivity contribution in [2.45, 2.75) is 43.4 Å². The molecule has 20 heavy (non-hydrogen) atoms. The first-order valence-electron chi connectivity index (χ1n) is 5.79. The first kappa shape index (κ1) is 17.6. The van der Waals surface area contributed by atoms with Crippen LogP contribution in [-0.4, -0.2) is 47.1 Å². The number of hydrogen-bond donors (Lipinski definition) is 0. The van der Waals surface area contributed by atoms with E-state index in [-0.39, 0.29) is 41.8 Å². The summed E-state index contributed by atoms with van der Waals surface area (Å²) in [6.45, 7) is 3.79. The first-order chi connectivity index (χ1) is 8.53. The standard InChI is InChI=1S/C11H15NO6S.Na/c1-5(13)4-6-8(14)12-7(10(15)16)11(2,3)19(17,18)9(6)12;/h6-7,9H,4H2,1-3H3,(H,15,16);/q;+1/p-1/t6-,7+,9-;/m1./s1. The SMILES string of the molecule is CC(=O)C[C@@H]1C(=O)N2[C@@H](C(=O)[O-])C(C)(C)S(=O)(=O)[C@H]12.[Na+]. The largest absolute Gasteiger partial charge is 1.00 e. The van der Waals surface area contributed by atoms with Gasteiger partial charge >= 0.3 is 29.6 Å². The molecular weight excluding hydrogens is 297 g/mol. The van der Waals surface area contributed by atoms with E-state index >= 15 is 0 Å². The molecule has 0 unspecified atom stereocenters. The molecule has 7 nitrogen and oxygen atoms in total. The number of aliphatic carboxylic acids is 1. The summed E-state index contributed by atoms with van der Waals surface area (Å²) >= 11 is 0. The third kappa shape index (κ3) is 2.04. The van der Waals surface area contributed by atoms with E-state index in [0.29, 0.717) is 0 Å². The molecule has 0 N–H and O–H groups in total. The molecule has 3 atom stereocenters. The van der Waals surface area contributed by atoms with Gasteiger partial charge in [0.2, 0.25) is 5.91 Å². The molecule has 0 aromatic carbocycles. The van der Waals surface area contributed by atoms with Crippen molar-refractivity contribution in [3.05, 3.63) is 0 Å². The number of hydrogen-bond acceptors (Lipinski definition) is 6. The Morgan fingerprint density at radius 3 is 2.25 bits per heavy atom. The summed E-state index contributed by atoms with van der Waals surface area (Å²) in [5, 5.41) is 9.91. The number of carbonyl (C=O) groups excluding carboxylic acids is 3. The third-order valence-electron chi connectivity index (χ3n) is 3.91. The quantitative estimate of drug-likeness (QED) is 0.381. The van der Waals surface area contributed by atoms with E-state index in [4.69, 9.17) is 0 Å². The number of carbonyl (C=O) groups is 3. The summed E-state index contributed by atoms with van der Waals surface area (Å²) < 4.78 is 23.1. The van der Waals surface area contributed by atoms with Gasteiger partial charge < -0.3 is 19.6 Å². The molecule has 0 bridgehead atoms. The maximum atomic E-state index is 12.3. The average molecular weight is 311 g/mol. The van der Waals surface area contributed by atoms with E-state index in [1.165, 1.54) is 20.8 Å². The minimum absolute atomic E-state index is 0. The second-order valence-electron chi connectivity index (χ2n) is 5.52. The molecule has 0 aromatic rings. The number of sulfone groups is 1. The van der Waals surface area contributed by atoms with E-state index in [2.05, 4.69) is 0 Å². The molecule has 1 amide bonds. The van der Waals surface area contributed by atoms with Crippen LogP contribution in [0.15, 0.2) is 0 Å². The fourth-order valence-electron chi connectivity index (χ4n) is 2.89. The summed E-state index contributed by atoms with van der Waals surface area (Å²) in [6.07, 6.45) is -0.185. The predicted molar refractivity (Wildman–Crippen MR) is 61.2 cm³/mol. The Hall–Kier alpha value is -0.440. The number of ketones is 1. The predicted octanol–water partition coefficient (Wildman–Crippen LogP) is -4.92. The monoisotopic (exact) mass is 311 g/mol. The van der Waals surface area contributed by atoms with Gasteiger partial charge in [-0.15, -0.1) is 0 Å². The van der Waals surface area contributed by atoms with Gasteiger partial charge in [-0.3, -0.25) is 4.79 Å². The molecule has 106 valence electrons. The topological polar surface area (TPSA) is 112 Å². The smallest absolute Gasteiger partial charge is 0.548 e. The van der Waals surface area contributed by atoms with Crippen molar-refractivity contribution in [3.63, 3.8) is 0 Å². The fourth-order valence-corrected chi connectivity index (χ4v) is 5.20. The number of carboxylic acid groups (broad SMARTS) is 1. The zero-order chi connectivity index (χ0) is 14.7. The van der Waals surface area contributed by atoms with Crippen LogP contribution in [0.5, 0.6) is 0 Å². The fraction of sp³-hybridized carbons (Fsp3) is 0.727. The first-order valence-corrected chi connectivity index (χ1v) is 7.34. The van der Waals surface area contributed by atoms with Gasteiger partial charge in [0, 0.05) is 6.42 Å². The summed E-state index contributed by atoms with van der Waals surface area (Å²) in [7, 11) is -3.86. The van der Waals surface area contributed by atoms with Gasteiger partial charge in [0.25, 0.3) is 0 Å². The Kier molecular flexibility index (Phi) is 4.47. The van der Waals surface area contributed by atoms with Crippen molar-refractivity contribution in [3.8, 4) is 0 Å². The molecule has 0 spiro atoms. The van der Waals surface area contributed by atoms with Crippen LogP contribution < -0.4 is 34.7 Å². The molecule has 2 aliphatic rings.